The first-order chi connectivity index (χ1) is 14.7. The summed E-state index contributed by atoms with van der Waals surface area (Å²) < 4.78 is 10.3. The van der Waals surface area contributed by atoms with Gasteiger partial charge in [-0.05, 0) is 25.8 Å². The average molecular weight is 429 g/mol. The summed E-state index contributed by atoms with van der Waals surface area (Å²) in [6.45, 7) is 3.27. The van der Waals surface area contributed by atoms with Crippen molar-refractivity contribution in [2.45, 2.75) is 26.2 Å². The minimum absolute atomic E-state index is 0.0203. The topological polar surface area (TPSA) is 152 Å². The van der Waals surface area contributed by atoms with Gasteiger partial charge in [0.2, 0.25) is 0 Å². The predicted octanol–water partition coefficient (Wildman–Crippen LogP) is 2.63. The SMILES string of the molecule is COCCC(C#N)COC(=O)C1=C(C)NC(C)=C(C(=O)O)C1c1cccc([N+](=O)[O-])c1. The highest BCUT2D eigenvalue weighted by Gasteiger charge is 2.38. The van der Waals surface area contributed by atoms with Crippen LogP contribution in [0.4, 0.5) is 5.69 Å². The van der Waals surface area contributed by atoms with Crippen LogP contribution >= 0.6 is 0 Å². The summed E-state index contributed by atoms with van der Waals surface area (Å²) >= 11 is 0. The number of aliphatic carboxylic acids is 1. The van der Waals surface area contributed by atoms with Crippen LogP contribution in [-0.4, -0.2) is 42.3 Å². The number of carbonyl (C=O) groups excluding carboxylic acids is 1. The molecule has 10 heteroatoms. The predicted molar refractivity (Wildman–Crippen MR) is 109 cm³/mol. The Hall–Kier alpha value is -3.71. The van der Waals surface area contributed by atoms with Gasteiger partial charge in [0.15, 0.2) is 0 Å². The highest BCUT2D eigenvalue weighted by atomic mass is 16.6. The Kier molecular flexibility index (Phi) is 7.88. The fraction of sp³-hybridized carbons (Fsp3) is 0.381. The standard InChI is InChI=1S/C21H23N3O7/c1-12-17(20(25)26)19(15-5-4-6-16(9-15)24(28)29)18(13(2)23-12)21(27)31-11-14(10-22)7-8-30-3/h4-6,9,14,19,23H,7-8,11H2,1-3H3,(H,25,26). The van der Waals surface area contributed by atoms with Crippen LogP contribution in [0.5, 0.6) is 0 Å². The molecule has 2 N–H and O–H groups in total. The molecule has 0 aliphatic carbocycles. The molecule has 1 aliphatic heterocycles. The molecule has 1 heterocycles. The fourth-order valence-electron chi connectivity index (χ4n) is 3.40. The summed E-state index contributed by atoms with van der Waals surface area (Å²) in [6, 6.07) is 7.51. The second-order valence-corrected chi connectivity index (χ2v) is 7.00. The minimum atomic E-state index is -1.27. The van der Waals surface area contributed by atoms with Gasteiger partial charge < -0.3 is 19.9 Å². The maximum atomic E-state index is 13.0. The number of rotatable bonds is 9. The van der Waals surface area contributed by atoms with E-state index in [4.69, 9.17) is 9.47 Å². The molecule has 0 radical (unpaired) electrons. The highest BCUT2D eigenvalue weighted by molar-refractivity contribution is 5.99. The number of hydrogen-bond donors (Lipinski definition) is 2. The lowest BCUT2D eigenvalue weighted by Crippen LogP contribution is -2.32. The van der Waals surface area contributed by atoms with Gasteiger partial charge in [-0.15, -0.1) is 0 Å². The van der Waals surface area contributed by atoms with Crippen LogP contribution in [0.2, 0.25) is 0 Å². The molecule has 0 fully saturated rings. The first-order valence-electron chi connectivity index (χ1n) is 9.43. The molecule has 0 spiro atoms. The van der Waals surface area contributed by atoms with Crippen molar-refractivity contribution in [3.05, 3.63) is 62.5 Å². The lowest BCUT2D eigenvalue weighted by Gasteiger charge is -2.29. The molecular weight excluding hydrogens is 406 g/mol. The van der Waals surface area contributed by atoms with E-state index in [0.717, 1.165) is 0 Å². The first-order valence-corrected chi connectivity index (χ1v) is 9.43. The van der Waals surface area contributed by atoms with Crippen molar-refractivity contribution >= 4 is 17.6 Å². The second kappa shape index (κ2) is 10.4. The van der Waals surface area contributed by atoms with Gasteiger partial charge in [0.1, 0.15) is 6.61 Å². The van der Waals surface area contributed by atoms with Crippen molar-refractivity contribution in [2.75, 3.05) is 20.3 Å². The lowest BCUT2D eigenvalue weighted by atomic mass is 9.80. The molecule has 0 saturated carbocycles. The van der Waals surface area contributed by atoms with Gasteiger partial charge in [0.25, 0.3) is 5.69 Å². The molecule has 0 amide bonds. The number of carbonyl (C=O) groups is 2. The van der Waals surface area contributed by atoms with Crippen LogP contribution < -0.4 is 5.32 Å². The Balaban J connectivity index is 2.45. The summed E-state index contributed by atoms with van der Waals surface area (Å²) in [5.41, 5.74) is 0.631. The molecule has 0 aromatic heterocycles. The molecule has 2 unspecified atom stereocenters. The number of esters is 1. The van der Waals surface area contributed by atoms with E-state index < -0.39 is 28.7 Å². The number of hydrogen-bond acceptors (Lipinski definition) is 8. The Morgan fingerprint density at radius 1 is 1.32 bits per heavy atom. The minimum Gasteiger partial charge on any atom is -0.478 e. The number of carboxylic acid groups (broad SMARTS) is 1. The van der Waals surface area contributed by atoms with E-state index in [1.54, 1.807) is 13.8 Å². The Bertz CT molecular complexity index is 991. The number of nitro groups is 1. The van der Waals surface area contributed by atoms with Crippen molar-refractivity contribution in [3.63, 3.8) is 0 Å². The number of nitro benzene ring substituents is 1. The number of carboxylic acids is 1. The zero-order valence-corrected chi connectivity index (χ0v) is 17.4. The third kappa shape index (κ3) is 5.46. The van der Waals surface area contributed by atoms with Crippen molar-refractivity contribution in [1.82, 2.24) is 5.32 Å². The fourth-order valence-corrected chi connectivity index (χ4v) is 3.40. The van der Waals surface area contributed by atoms with Gasteiger partial charge in [-0.1, -0.05) is 12.1 Å². The number of benzene rings is 1. The van der Waals surface area contributed by atoms with Crippen LogP contribution in [-0.2, 0) is 19.1 Å². The molecule has 1 aliphatic rings. The van der Waals surface area contributed by atoms with Gasteiger partial charge >= 0.3 is 11.9 Å². The van der Waals surface area contributed by atoms with Crippen LogP contribution in [0.1, 0.15) is 31.7 Å². The molecule has 10 nitrogen and oxygen atoms in total. The number of ether oxygens (including phenoxy) is 2. The molecule has 1 aromatic rings. The van der Waals surface area contributed by atoms with E-state index in [9.17, 15) is 30.1 Å². The van der Waals surface area contributed by atoms with E-state index in [2.05, 4.69) is 5.32 Å². The summed E-state index contributed by atoms with van der Waals surface area (Å²) in [6.07, 6.45) is 0.365. The van der Waals surface area contributed by atoms with Crippen LogP contribution in [0.3, 0.4) is 0 Å². The number of non-ortho nitro benzene ring substituents is 1. The van der Waals surface area contributed by atoms with Gasteiger partial charge in [-0.2, -0.15) is 5.26 Å². The second-order valence-electron chi connectivity index (χ2n) is 7.00. The average Bonchev–Trinajstić information content (AvgIpc) is 2.72. The maximum absolute atomic E-state index is 13.0. The van der Waals surface area contributed by atoms with E-state index >= 15 is 0 Å². The van der Waals surface area contributed by atoms with Crippen molar-refractivity contribution < 1.29 is 29.1 Å². The van der Waals surface area contributed by atoms with Crippen LogP contribution in [0, 0.1) is 27.4 Å². The molecule has 31 heavy (non-hydrogen) atoms. The Morgan fingerprint density at radius 3 is 2.58 bits per heavy atom. The lowest BCUT2D eigenvalue weighted by molar-refractivity contribution is -0.384. The molecule has 2 atom stereocenters. The molecule has 1 aromatic carbocycles. The molecule has 2 rings (SSSR count). The number of nitriles is 1. The van der Waals surface area contributed by atoms with Crippen LogP contribution in [0.15, 0.2) is 46.8 Å². The molecular formula is C21H23N3O7. The third-order valence-electron chi connectivity index (χ3n) is 4.89. The third-order valence-corrected chi connectivity index (χ3v) is 4.89. The van der Waals surface area contributed by atoms with Gasteiger partial charge in [-0.3, -0.25) is 10.1 Å². The Labute approximate surface area is 178 Å². The van der Waals surface area contributed by atoms with Gasteiger partial charge in [0, 0.05) is 37.2 Å². The summed E-state index contributed by atoms with van der Waals surface area (Å²) in [5.74, 6) is -3.74. The Morgan fingerprint density at radius 2 is 2.00 bits per heavy atom. The smallest absolute Gasteiger partial charge is 0.336 e. The monoisotopic (exact) mass is 429 g/mol. The maximum Gasteiger partial charge on any atom is 0.336 e. The molecule has 0 bridgehead atoms. The molecule has 164 valence electrons. The highest BCUT2D eigenvalue weighted by Crippen LogP contribution is 2.39. The quantitative estimate of drug-likeness (QED) is 0.343. The van der Waals surface area contributed by atoms with Crippen molar-refractivity contribution in [2.24, 2.45) is 5.92 Å². The van der Waals surface area contributed by atoms with Crippen molar-refractivity contribution in [1.29, 1.82) is 5.26 Å². The zero-order valence-electron chi connectivity index (χ0n) is 17.4. The van der Waals surface area contributed by atoms with Crippen molar-refractivity contribution in [3.8, 4) is 6.07 Å². The van der Waals surface area contributed by atoms with E-state index in [1.165, 1.54) is 31.4 Å². The van der Waals surface area contributed by atoms with Gasteiger partial charge in [-0.25, -0.2) is 9.59 Å². The summed E-state index contributed by atoms with van der Waals surface area (Å²) in [7, 11) is 1.49. The van der Waals surface area contributed by atoms with E-state index in [1.807, 2.05) is 6.07 Å². The van der Waals surface area contributed by atoms with E-state index in [-0.39, 0.29) is 29.0 Å². The molecule has 0 saturated heterocycles. The summed E-state index contributed by atoms with van der Waals surface area (Å²) in [4.78, 5) is 35.6. The largest absolute Gasteiger partial charge is 0.478 e. The number of nitrogens with zero attached hydrogens (tertiary/aromatic N) is 2. The normalized spacial score (nSPS) is 16.9. The number of allylic oxidation sites excluding steroid dienone is 2. The number of methoxy groups -OCH3 is 1. The van der Waals surface area contributed by atoms with Crippen LogP contribution in [0.25, 0.3) is 0 Å². The van der Waals surface area contributed by atoms with Gasteiger partial charge in [0.05, 0.1) is 34.0 Å². The summed E-state index contributed by atoms with van der Waals surface area (Å²) in [5, 5.41) is 33.1. The number of nitrogens with one attached hydrogen (secondary N) is 1. The number of dihydropyridines is 1. The zero-order chi connectivity index (χ0) is 23.1. The van der Waals surface area contributed by atoms with E-state index in [0.29, 0.717) is 24.4 Å². The first kappa shape index (κ1) is 23.6.